The van der Waals surface area contributed by atoms with Crippen molar-refractivity contribution in [2.75, 3.05) is 13.7 Å². The summed E-state index contributed by atoms with van der Waals surface area (Å²) in [5.41, 5.74) is 0.470. The number of aliphatic hydroxyl groups excluding tert-OH is 1. The van der Waals surface area contributed by atoms with Gasteiger partial charge in [-0.1, -0.05) is 29.7 Å². The van der Waals surface area contributed by atoms with E-state index in [0.29, 0.717) is 22.3 Å². The number of aromatic hydroxyl groups is 1. The average molecular weight is 500 g/mol. The van der Waals surface area contributed by atoms with Gasteiger partial charge in [0.2, 0.25) is 5.60 Å². The number of carbonyl (C=O) groups is 2. The molecular formula is C28H20O9. The Morgan fingerprint density at radius 2 is 2.08 bits per heavy atom. The van der Waals surface area contributed by atoms with E-state index in [2.05, 4.69) is 23.7 Å². The highest BCUT2D eigenvalue weighted by atomic mass is 16.8. The maximum Gasteiger partial charge on any atom is 0.508 e. The van der Waals surface area contributed by atoms with Gasteiger partial charge in [-0.15, -0.1) is 0 Å². The van der Waals surface area contributed by atoms with Gasteiger partial charge < -0.3 is 33.9 Å². The number of fused-ring (bicyclic) bond motifs is 3. The van der Waals surface area contributed by atoms with Crippen molar-refractivity contribution < 1.29 is 43.5 Å². The quantitative estimate of drug-likeness (QED) is 0.370. The van der Waals surface area contributed by atoms with Gasteiger partial charge in [0.15, 0.2) is 18.3 Å². The van der Waals surface area contributed by atoms with Gasteiger partial charge in [-0.3, -0.25) is 0 Å². The fourth-order valence-corrected chi connectivity index (χ4v) is 4.77. The first-order chi connectivity index (χ1) is 17.8. The second kappa shape index (κ2) is 8.31. The standard InChI is InChI=1S/C28H20O9/c1-14-10-16(33-2)12-19-17(14)6-7-20(29)24(19)26(31)35-21-11-15-8-9-28(23-13-34-27(32)36-23)22(37-28)5-3-4-18(15)25(21)30/h4,6-7,10-12,21-23,25,29-30H,13H2,1-2H3/b18-4+/t21-,22-,23?,25-,28+/m1/s1. The Morgan fingerprint density at radius 3 is 2.84 bits per heavy atom. The fourth-order valence-electron chi connectivity index (χ4n) is 4.77. The maximum absolute atomic E-state index is 13.3. The summed E-state index contributed by atoms with van der Waals surface area (Å²) in [6.07, 6.45) is -1.39. The summed E-state index contributed by atoms with van der Waals surface area (Å²) in [5, 5.41) is 22.7. The lowest BCUT2D eigenvalue weighted by Gasteiger charge is -2.17. The summed E-state index contributed by atoms with van der Waals surface area (Å²) in [4.78, 5) is 24.7. The first-order valence-electron chi connectivity index (χ1n) is 11.5. The zero-order valence-electron chi connectivity index (χ0n) is 19.7. The third-order valence-corrected chi connectivity index (χ3v) is 6.80. The molecule has 0 spiro atoms. The number of cyclic esters (lactones) is 2. The summed E-state index contributed by atoms with van der Waals surface area (Å²) >= 11 is 0. The molecule has 2 fully saturated rings. The minimum Gasteiger partial charge on any atom is -0.507 e. The first kappa shape index (κ1) is 23.0. The first-order valence-corrected chi connectivity index (χ1v) is 11.5. The molecule has 0 aromatic heterocycles. The highest BCUT2D eigenvalue weighted by molar-refractivity contribution is 6.08. The fraction of sp³-hybridized carbons (Fsp3) is 0.286. The third kappa shape index (κ3) is 3.68. The van der Waals surface area contributed by atoms with Crippen LogP contribution in [0.2, 0.25) is 0 Å². The number of epoxide rings is 1. The number of phenols is 1. The highest BCUT2D eigenvalue weighted by Gasteiger charge is 2.64. The van der Waals surface area contributed by atoms with Gasteiger partial charge in [0.05, 0.1) is 7.11 Å². The lowest BCUT2D eigenvalue weighted by atomic mass is 9.98. The van der Waals surface area contributed by atoms with Gasteiger partial charge in [-0.25, -0.2) is 9.59 Å². The van der Waals surface area contributed by atoms with E-state index in [9.17, 15) is 19.8 Å². The SMILES string of the molecule is COc1cc(C)c2ccc(O)c(C(=O)O[C@@H]3C=C4C#C[C@]5(C6COC(=O)O6)O[C@@H]5C#C/C=C\4[C@H]3O)c2c1. The Hall–Kier alpha value is -4.44. The molecule has 4 aliphatic rings. The van der Waals surface area contributed by atoms with Crippen LogP contribution < -0.4 is 4.74 Å². The number of aryl methyl sites for hydroxylation is 1. The average Bonchev–Trinajstić information content (AvgIpc) is 3.22. The van der Waals surface area contributed by atoms with Crippen LogP contribution in [-0.2, 0) is 18.9 Å². The van der Waals surface area contributed by atoms with E-state index in [4.69, 9.17) is 23.7 Å². The molecule has 1 unspecified atom stereocenters. The second-order valence-electron chi connectivity index (χ2n) is 8.99. The molecule has 9 heteroatoms. The topological polar surface area (TPSA) is 124 Å². The van der Waals surface area contributed by atoms with Gasteiger partial charge in [-0.2, -0.15) is 0 Å². The normalized spacial score (nSPS) is 30.2. The van der Waals surface area contributed by atoms with Crippen molar-refractivity contribution in [3.8, 4) is 35.2 Å². The lowest BCUT2D eigenvalue weighted by Crippen LogP contribution is -2.33. The monoisotopic (exact) mass is 500 g/mol. The molecule has 9 nitrogen and oxygen atoms in total. The molecule has 186 valence electrons. The molecule has 2 aliphatic heterocycles. The molecule has 37 heavy (non-hydrogen) atoms. The molecule has 2 aliphatic carbocycles. The van der Waals surface area contributed by atoms with Crippen LogP contribution >= 0.6 is 0 Å². The van der Waals surface area contributed by atoms with E-state index < -0.39 is 42.1 Å². The van der Waals surface area contributed by atoms with Crippen molar-refractivity contribution in [2.45, 2.75) is 36.9 Å². The van der Waals surface area contributed by atoms with E-state index in [1.165, 1.54) is 25.3 Å². The van der Waals surface area contributed by atoms with Crippen molar-refractivity contribution >= 4 is 22.9 Å². The number of rotatable bonds is 4. The molecule has 5 atom stereocenters. The second-order valence-corrected chi connectivity index (χ2v) is 8.99. The maximum atomic E-state index is 13.3. The Bertz CT molecular complexity index is 1560. The van der Waals surface area contributed by atoms with Crippen molar-refractivity contribution in [1.29, 1.82) is 0 Å². The van der Waals surface area contributed by atoms with Gasteiger partial charge in [0, 0.05) is 16.5 Å². The molecule has 0 radical (unpaired) electrons. The summed E-state index contributed by atoms with van der Waals surface area (Å²) < 4.78 is 26.7. The number of benzene rings is 2. The van der Waals surface area contributed by atoms with E-state index >= 15 is 0 Å². The van der Waals surface area contributed by atoms with Gasteiger partial charge in [-0.05, 0) is 48.2 Å². The zero-order chi connectivity index (χ0) is 25.9. The number of methoxy groups -OCH3 is 1. The number of allylic oxidation sites excluding steroid dienone is 1. The summed E-state index contributed by atoms with van der Waals surface area (Å²) in [7, 11) is 1.51. The Kier molecular flexibility index (Phi) is 5.16. The van der Waals surface area contributed by atoms with Crippen LogP contribution in [0.25, 0.3) is 10.8 Å². The number of aliphatic hydroxyl groups is 1. The lowest BCUT2D eigenvalue weighted by molar-refractivity contribution is 0.0139. The van der Waals surface area contributed by atoms with Crippen LogP contribution in [0.3, 0.4) is 0 Å². The van der Waals surface area contributed by atoms with E-state index in [0.717, 1.165) is 10.9 Å². The van der Waals surface area contributed by atoms with E-state index in [-0.39, 0.29) is 17.9 Å². The number of esters is 1. The smallest absolute Gasteiger partial charge is 0.507 e. The van der Waals surface area contributed by atoms with Crippen LogP contribution in [0, 0.1) is 30.6 Å². The van der Waals surface area contributed by atoms with Crippen LogP contribution in [0.1, 0.15) is 15.9 Å². The molecule has 2 saturated heterocycles. The number of ether oxygens (including phenoxy) is 5. The number of hydrogen-bond donors (Lipinski definition) is 2. The van der Waals surface area contributed by atoms with Crippen LogP contribution in [0.4, 0.5) is 4.79 Å². The van der Waals surface area contributed by atoms with Crippen LogP contribution in [0.15, 0.2) is 47.6 Å². The van der Waals surface area contributed by atoms with Crippen molar-refractivity contribution in [1.82, 2.24) is 0 Å². The Morgan fingerprint density at radius 1 is 1.24 bits per heavy atom. The zero-order valence-corrected chi connectivity index (χ0v) is 19.7. The van der Waals surface area contributed by atoms with Crippen LogP contribution in [0.5, 0.6) is 11.5 Å². The predicted octanol–water partition coefficient (Wildman–Crippen LogP) is 2.31. The molecule has 0 bridgehead atoms. The summed E-state index contributed by atoms with van der Waals surface area (Å²) in [6, 6.07) is 6.61. The molecule has 6 rings (SSSR count). The largest absolute Gasteiger partial charge is 0.508 e. The number of hydrogen-bond acceptors (Lipinski definition) is 9. The van der Waals surface area contributed by atoms with Crippen molar-refractivity contribution in [3.63, 3.8) is 0 Å². The molecule has 0 amide bonds. The van der Waals surface area contributed by atoms with Gasteiger partial charge >= 0.3 is 12.1 Å². The summed E-state index contributed by atoms with van der Waals surface area (Å²) in [6.45, 7) is 1.86. The number of carbonyl (C=O) groups excluding carboxylic acids is 2. The van der Waals surface area contributed by atoms with Gasteiger partial charge in [0.25, 0.3) is 0 Å². The molecule has 2 aromatic rings. The molecule has 2 heterocycles. The number of phenolic OH excluding ortho intramolecular Hbond substituents is 1. The Balaban J connectivity index is 1.32. The predicted molar refractivity (Wildman–Crippen MR) is 128 cm³/mol. The minimum absolute atomic E-state index is 0.00727. The highest BCUT2D eigenvalue weighted by Crippen LogP contribution is 2.43. The van der Waals surface area contributed by atoms with Gasteiger partial charge in [0.1, 0.15) is 29.8 Å². The third-order valence-electron chi connectivity index (χ3n) is 6.80. The Labute approximate surface area is 211 Å². The molecule has 0 saturated carbocycles. The summed E-state index contributed by atoms with van der Waals surface area (Å²) in [5.74, 6) is 11.1. The molecule has 2 N–H and O–H groups in total. The molecule has 2 aromatic carbocycles. The van der Waals surface area contributed by atoms with E-state index in [1.807, 2.05) is 13.0 Å². The van der Waals surface area contributed by atoms with Crippen LogP contribution in [-0.4, -0.2) is 66.1 Å². The molecular weight excluding hydrogens is 480 g/mol. The minimum atomic E-state index is -1.23. The van der Waals surface area contributed by atoms with E-state index in [1.54, 1.807) is 12.1 Å². The van der Waals surface area contributed by atoms with Crippen molar-refractivity contribution in [3.05, 3.63) is 58.7 Å². The van der Waals surface area contributed by atoms with Crippen molar-refractivity contribution in [2.24, 2.45) is 0 Å².